The SMILES string of the molecule is CCN(CC)CCNC(=O)Nc1ccc(C(=O)OC)cc1C. The maximum atomic E-state index is 11.9. The summed E-state index contributed by atoms with van der Waals surface area (Å²) in [5, 5.41) is 5.61. The van der Waals surface area contributed by atoms with E-state index in [9.17, 15) is 9.59 Å². The van der Waals surface area contributed by atoms with Crippen LogP contribution < -0.4 is 10.6 Å². The van der Waals surface area contributed by atoms with E-state index in [0.29, 0.717) is 17.8 Å². The highest BCUT2D eigenvalue weighted by Crippen LogP contribution is 2.16. The molecule has 0 spiro atoms. The lowest BCUT2D eigenvalue weighted by Crippen LogP contribution is -2.37. The Kier molecular flexibility index (Phi) is 7.39. The zero-order valence-electron chi connectivity index (χ0n) is 13.7. The van der Waals surface area contributed by atoms with Gasteiger partial charge in [0.25, 0.3) is 0 Å². The molecule has 1 aromatic carbocycles. The molecule has 22 heavy (non-hydrogen) atoms. The first-order chi connectivity index (χ1) is 10.5. The Labute approximate surface area is 131 Å². The molecule has 6 heteroatoms. The van der Waals surface area contributed by atoms with Crippen molar-refractivity contribution < 1.29 is 14.3 Å². The van der Waals surface area contributed by atoms with E-state index in [2.05, 4.69) is 34.1 Å². The second-order valence-corrected chi connectivity index (χ2v) is 4.93. The highest BCUT2D eigenvalue weighted by Gasteiger charge is 2.09. The second kappa shape index (κ2) is 9.04. The molecule has 0 fully saturated rings. The molecule has 0 bridgehead atoms. The molecule has 2 amide bonds. The number of methoxy groups -OCH3 is 1. The van der Waals surface area contributed by atoms with Crippen LogP contribution in [0.25, 0.3) is 0 Å². The molecule has 0 aromatic heterocycles. The molecule has 0 aliphatic heterocycles. The summed E-state index contributed by atoms with van der Waals surface area (Å²) in [6.07, 6.45) is 0. The first kappa shape index (κ1) is 18.0. The van der Waals surface area contributed by atoms with Crippen molar-refractivity contribution in [1.29, 1.82) is 0 Å². The molecule has 2 N–H and O–H groups in total. The van der Waals surface area contributed by atoms with Gasteiger partial charge in [0.15, 0.2) is 0 Å². The number of nitrogens with one attached hydrogen (secondary N) is 2. The average Bonchev–Trinajstić information content (AvgIpc) is 2.52. The van der Waals surface area contributed by atoms with Crippen molar-refractivity contribution in [2.45, 2.75) is 20.8 Å². The van der Waals surface area contributed by atoms with E-state index < -0.39 is 5.97 Å². The Morgan fingerprint density at radius 1 is 1.23 bits per heavy atom. The fourth-order valence-electron chi connectivity index (χ4n) is 2.08. The molecule has 0 radical (unpaired) electrons. The number of amides is 2. The van der Waals surface area contributed by atoms with Gasteiger partial charge < -0.3 is 20.3 Å². The lowest BCUT2D eigenvalue weighted by atomic mass is 10.1. The predicted molar refractivity (Wildman–Crippen MR) is 87.3 cm³/mol. The van der Waals surface area contributed by atoms with E-state index >= 15 is 0 Å². The number of nitrogens with zero attached hydrogens (tertiary/aromatic N) is 1. The van der Waals surface area contributed by atoms with Crippen molar-refractivity contribution >= 4 is 17.7 Å². The van der Waals surface area contributed by atoms with Crippen molar-refractivity contribution in [3.63, 3.8) is 0 Å². The standard InChI is InChI=1S/C16H25N3O3/c1-5-19(6-2)10-9-17-16(21)18-14-8-7-13(11-12(14)3)15(20)22-4/h7-8,11H,5-6,9-10H2,1-4H3,(H2,17,18,21). The number of rotatable bonds is 7. The third kappa shape index (κ3) is 5.37. The van der Waals surface area contributed by atoms with Gasteiger partial charge in [0, 0.05) is 18.8 Å². The Bertz CT molecular complexity index is 513. The monoisotopic (exact) mass is 307 g/mol. The minimum Gasteiger partial charge on any atom is -0.465 e. The quantitative estimate of drug-likeness (QED) is 0.758. The van der Waals surface area contributed by atoms with Crippen LogP contribution >= 0.6 is 0 Å². The molecule has 122 valence electrons. The van der Waals surface area contributed by atoms with Gasteiger partial charge in [-0.3, -0.25) is 0 Å². The fourth-order valence-corrected chi connectivity index (χ4v) is 2.08. The summed E-state index contributed by atoms with van der Waals surface area (Å²) >= 11 is 0. The first-order valence-electron chi connectivity index (χ1n) is 7.48. The molecule has 1 rings (SSSR count). The smallest absolute Gasteiger partial charge is 0.337 e. The Balaban J connectivity index is 2.52. The summed E-state index contributed by atoms with van der Waals surface area (Å²) in [7, 11) is 1.34. The van der Waals surface area contributed by atoms with E-state index in [-0.39, 0.29) is 6.03 Å². The number of urea groups is 1. The van der Waals surface area contributed by atoms with Crippen molar-refractivity contribution in [3.05, 3.63) is 29.3 Å². The van der Waals surface area contributed by atoms with E-state index in [1.807, 2.05) is 6.92 Å². The Morgan fingerprint density at radius 2 is 1.91 bits per heavy atom. The van der Waals surface area contributed by atoms with Gasteiger partial charge in [0.1, 0.15) is 0 Å². The Morgan fingerprint density at radius 3 is 2.45 bits per heavy atom. The number of ether oxygens (including phenoxy) is 1. The number of likely N-dealkylation sites (N-methyl/N-ethyl adjacent to an activating group) is 1. The minimum absolute atomic E-state index is 0.249. The number of benzene rings is 1. The molecule has 0 heterocycles. The van der Waals surface area contributed by atoms with Crippen LogP contribution in [0.2, 0.25) is 0 Å². The summed E-state index contributed by atoms with van der Waals surface area (Å²) in [4.78, 5) is 25.5. The van der Waals surface area contributed by atoms with E-state index in [4.69, 9.17) is 0 Å². The highest BCUT2D eigenvalue weighted by molar-refractivity contribution is 5.93. The van der Waals surface area contributed by atoms with Gasteiger partial charge >= 0.3 is 12.0 Å². The average molecular weight is 307 g/mol. The maximum absolute atomic E-state index is 11.9. The molecule has 0 saturated heterocycles. The van der Waals surface area contributed by atoms with E-state index in [1.165, 1.54) is 7.11 Å². The molecule has 6 nitrogen and oxygen atoms in total. The van der Waals surface area contributed by atoms with Crippen molar-refractivity contribution in [1.82, 2.24) is 10.2 Å². The molecular formula is C16H25N3O3. The second-order valence-electron chi connectivity index (χ2n) is 4.93. The fraction of sp³-hybridized carbons (Fsp3) is 0.500. The van der Waals surface area contributed by atoms with Crippen LogP contribution in [0.15, 0.2) is 18.2 Å². The van der Waals surface area contributed by atoms with Gasteiger partial charge in [-0.05, 0) is 43.8 Å². The van der Waals surface area contributed by atoms with Crippen molar-refractivity contribution in [2.24, 2.45) is 0 Å². The van der Waals surface area contributed by atoms with Crippen LogP contribution in [0, 0.1) is 6.92 Å². The van der Waals surface area contributed by atoms with Crippen LogP contribution in [0.5, 0.6) is 0 Å². The van der Waals surface area contributed by atoms with Gasteiger partial charge in [-0.2, -0.15) is 0 Å². The van der Waals surface area contributed by atoms with Crippen LogP contribution in [0.4, 0.5) is 10.5 Å². The lowest BCUT2D eigenvalue weighted by molar-refractivity contribution is 0.0600. The van der Waals surface area contributed by atoms with Gasteiger partial charge in [0.2, 0.25) is 0 Å². The summed E-state index contributed by atoms with van der Waals surface area (Å²) in [5.74, 6) is -0.390. The molecule has 0 aliphatic carbocycles. The minimum atomic E-state index is -0.390. The zero-order chi connectivity index (χ0) is 16.5. The van der Waals surface area contributed by atoms with Crippen LogP contribution in [-0.4, -0.2) is 50.2 Å². The topological polar surface area (TPSA) is 70.7 Å². The Hall–Kier alpha value is -2.08. The van der Waals surface area contributed by atoms with Gasteiger partial charge in [-0.1, -0.05) is 13.8 Å². The number of esters is 1. The summed E-state index contributed by atoms with van der Waals surface area (Å²) in [6, 6.07) is 4.77. The number of carbonyl (C=O) groups is 2. The predicted octanol–water partition coefficient (Wildman–Crippen LogP) is 2.24. The van der Waals surface area contributed by atoms with Crippen LogP contribution in [0.1, 0.15) is 29.8 Å². The summed E-state index contributed by atoms with van der Waals surface area (Å²) in [6.45, 7) is 9.36. The normalized spacial score (nSPS) is 10.4. The van der Waals surface area contributed by atoms with Gasteiger partial charge in [-0.15, -0.1) is 0 Å². The largest absolute Gasteiger partial charge is 0.465 e. The number of hydrogen-bond acceptors (Lipinski definition) is 4. The molecule has 1 aromatic rings. The number of hydrogen-bond donors (Lipinski definition) is 2. The third-order valence-corrected chi connectivity index (χ3v) is 3.50. The third-order valence-electron chi connectivity index (χ3n) is 3.50. The van der Waals surface area contributed by atoms with Crippen molar-refractivity contribution in [3.8, 4) is 0 Å². The van der Waals surface area contributed by atoms with Crippen molar-refractivity contribution in [2.75, 3.05) is 38.6 Å². The number of carbonyl (C=O) groups excluding carboxylic acids is 2. The van der Waals surface area contributed by atoms with Crippen LogP contribution in [-0.2, 0) is 4.74 Å². The highest BCUT2D eigenvalue weighted by atomic mass is 16.5. The van der Waals surface area contributed by atoms with E-state index in [0.717, 1.165) is 25.2 Å². The summed E-state index contributed by atoms with van der Waals surface area (Å²) in [5.41, 5.74) is 1.95. The molecular weight excluding hydrogens is 282 g/mol. The van der Waals surface area contributed by atoms with Gasteiger partial charge in [-0.25, -0.2) is 9.59 Å². The number of aryl methyl sites for hydroxylation is 1. The molecule has 0 saturated carbocycles. The summed E-state index contributed by atoms with van der Waals surface area (Å²) < 4.78 is 4.67. The van der Waals surface area contributed by atoms with E-state index in [1.54, 1.807) is 18.2 Å². The first-order valence-corrected chi connectivity index (χ1v) is 7.48. The maximum Gasteiger partial charge on any atom is 0.337 e. The van der Waals surface area contributed by atoms with Crippen LogP contribution in [0.3, 0.4) is 0 Å². The van der Waals surface area contributed by atoms with Gasteiger partial charge in [0.05, 0.1) is 12.7 Å². The molecule has 0 atom stereocenters. The molecule has 0 aliphatic rings. The zero-order valence-corrected chi connectivity index (χ0v) is 13.7. The molecule has 0 unspecified atom stereocenters. The number of anilines is 1. The lowest BCUT2D eigenvalue weighted by Gasteiger charge is -2.18.